The van der Waals surface area contributed by atoms with Crippen molar-refractivity contribution in [2.45, 2.75) is 18.9 Å². The maximum atomic E-state index is 11.7. The molecule has 1 atom stereocenters. The van der Waals surface area contributed by atoms with Gasteiger partial charge in [-0.1, -0.05) is 22.0 Å². The normalized spacial score (nSPS) is 18.4. The van der Waals surface area contributed by atoms with Gasteiger partial charge in [-0.05, 0) is 24.6 Å². The fourth-order valence-electron chi connectivity index (χ4n) is 1.77. The summed E-state index contributed by atoms with van der Waals surface area (Å²) in [5.74, 6) is -0.639. The highest BCUT2D eigenvalue weighted by Gasteiger charge is 2.27. The number of piperidine rings is 1. The van der Waals surface area contributed by atoms with Crippen molar-refractivity contribution < 1.29 is 19.1 Å². The topological polar surface area (TPSA) is 84.5 Å². The predicted molar refractivity (Wildman–Crippen MR) is 74.0 cm³/mol. The summed E-state index contributed by atoms with van der Waals surface area (Å²) in [5, 5.41) is 4.71. The number of carbonyl (C=O) groups is 3. The molecule has 1 aromatic rings. The maximum absolute atomic E-state index is 11.7. The molecule has 106 valence electrons. The molecule has 1 saturated heterocycles. The van der Waals surface area contributed by atoms with Gasteiger partial charge in [-0.2, -0.15) is 0 Å². The summed E-state index contributed by atoms with van der Waals surface area (Å²) in [5.41, 5.74) is 0. The van der Waals surface area contributed by atoms with Crippen LogP contribution in [0, 0.1) is 0 Å². The van der Waals surface area contributed by atoms with E-state index in [9.17, 15) is 14.4 Å². The van der Waals surface area contributed by atoms with Crippen LogP contribution in [0.3, 0.4) is 0 Å². The number of amides is 3. The van der Waals surface area contributed by atoms with E-state index >= 15 is 0 Å². The lowest BCUT2D eigenvalue weighted by Crippen LogP contribution is -2.53. The molecule has 0 saturated carbocycles. The number of hydrogen-bond donors (Lipinski definition) is 2. The molecule has 0 bridgehead atoms. The molecular weight excluding hydrogens is 328 g/mol. The molecule has 1 aliphatic heterocycles. The Morgan fingerprint density at radius 2 is 2.25 bits per heavy atom. The molecule has 0 radical (unpaired) electrons. The standard InChI is InChI=1S/C13H13BrN2O4/c14-8-2-1-3-9(6-8)20-7-12(18)15-10-4-5-11(17)16-13(10)19/h1-3,6,10H,4-5,7H2,(H,15,18)(H,16,17,19). The van der Waals surface area contributed by atoms with Crippen LogP contribution in [0.25, 0.3) is 0 Å². The first kappa shape index (κ1) is 14.5. The summed E-state index contributed by atoms with van der Waals surface area (Å²) >= 11 is 3.30. The van der Waals surface area contributed by atoms with E-state index in [-0.39, 0.29) is 18.9 Å². The van der Waals surface area contributed by atoms with Gasteiger partial charge >= 0.3 is 0 Å². The van der Waals surface area contributed by atoms with Crippen LogP contribution in [-0.2, 0) is 14.4 Å². The first-order valence-electron chi connectivity index (χ1n) is 6.06. The molecule has 1 unspecified atom stereocenters. The van der Waals surface area contributed by atoms with Crippen molar-refractivity contribution >= 4 is 33.7 Å². The second kappa shape index (κ2) is 6.51. The number of ether oxygens (including phenoxy) is 1. The quantitative estimate of drug-likeness (QED) is 0.792. The molecule has 7 heteroatoms. The molecule has 1 heterocycles. The largest absolute Gasteiger partial charge is 0.484 e. The first-order chi connectivity index (χ1) is 9.54. The molecule has 2 rings (SSSR count). The van der Waals surface area contributed by atoms with Gasteiger partial charge in [0.2, 0.25) is 11.8 Å². The summed E-state index contributed by atoms with van der Waals surface area (Å²) in [6.07, 6.45) is 0.538. The van der Waals surface area contributed by atoms with Gasteiger partial charge in [0.05, 0.1) is 0 Å². The summed E-state index contributed by atoms with van der Waals surface area (Å²) in [6.45, 7) is -0.186. The summed E-state index contributed by atoms with van der Waals surface area (Å²) in [6, 6.07) is 6.42. The van der Waals surface area contributed by atoms with Gasteiger partial charge in [0.15, 0.2) is 6.61 Å². The smallest absolute Gasteiger partial charge is 0.258 e. The van der Waals surface area contributed by atoms with Crippen molar-refractivity contribution in [2.24, 2.45) is 0 Å². The summed E-state index contributed by atoms with van der Waals surface area (Å²) < 4.78 is 6.15. The molecule has 20 heavy (non-hydrogen) atoms. The minimum atomic E-state index is -0.675. The van der Waals surface area contributed by atoms with Crippen molar-refractivity contribution in [3.63, 3.8) is 0 Å². The Morgan fingerprint density at radius 1 is 1.45 bits per heavy atom. The second-order valence-corrected chi connectivity index (χ2v) is 5.23. The number of benzene rings is 1. The molecule has 6 nitrogen and oxygen atoms in total. The fraction of sp³-hybridized carbons (Fsp3) is 0.308. The predicted octanol–water partition coefficient (Wildman–Crippen LogP) is 0.749. The number of nitrogens with one attached hydrogen (secondary N) is 2. The van der Waals surface area contributed by atoms with Crippen LogP contribution >= 0.6 is 15.9 Å². The van der Waals surface area contributed by atoms with E-state index in [0.29, 0.717) is 12.2 Å². The molecule has 1 fully saturated rings. The minimum Gasteiger partial charge on any atom is -0.484 e. The van der Waals surface area contributed by atoms with Gasteiger partial charge in [0.25, 0.3) is 5.91 Å². The van der Waals surface area contributed by atoms with Crippen LogP contribution in [-0.4, -0.2) is 30.4 Å². The van der Waals surface area contributed by atoms with Crippen molar-refractivity contribution in [3.05, 3.63) is 28.7 Å². The number of hydrogen-bond acceptors (Lipinski definition) is 4. The Balaban J connectivity index is 1.81. The monoisotopic (exact) mass is 340 g/mol. The van der Waals surface area contributed by atoms with E-state index in [0.717, 1.165) is 4.47 Å². The van der Waals surface area contributed by atoms with Gasteiger partial charge in [-0.25, -0.2) is 0 Å². The van der Waals surface area contributed by atoms with Crippen molar-refractivity contribution in [3.8, 4) is 5.75 Å². The van der Waals surface area contributed by atoms with E-state index in [4.69, 9.17) is 4.74 Å². The van der Waals surface area contributed by atoms with Gasteiger partial charge in [0.1, 0.15) is 11.8 Å². The highest BCUT2D eigenvalue weighted by Crippen LogP contribution is 2.17. The van der Waals surface area contributed by atoms with Crippen molar-refractivity contribution in [1.82, 2.24) is 10.6 Å². The Bertz CT molecular complexity index is 547. The second-order valence-electron chi connectivity index (χ2n) is 4.32. The zero-order chi connectivity index (χ0) is 14.5. The van der Waals surface area contributed by atoms with Crippen LogP contribution in [0.2, 0.25) is 0 Å². The number of carbonyl (C=O) groups excluding carboxylic acids is 3. The fourth-order valence-corrected chi connectivity index (χ4v) is 2.15. The van der Waals surface area contributed by atoms with Gasteiger partial charge in [-0.3, -0.25) is 19.7 Å². The lowest BCUT2D eigenvalue weighted by Gasteiger charge is -2.21. The van der Waals surface area contributed by atoms with Crippen LogP contribution in [0.1, 0.15) is 12.8 Å². The number of imide groups is 1. The summed E-state index contributed by atoms with van der Waals surface area (Å²) in [7, 11) is 0. The Hall–Kier alpha value is -1.89. The van der Waals surface area contributed by atoms with Gasteiger partial charge in [0, 0.05) is 10.9 Å². The third-order valence-corrected chi connectivity index (χ3v) is 3.23. The van der Waals surface area contributed by atoms with Gasteiger partial charge in [-0.15, -0.1) is 0 Å². The van der Waals surface area contributed by atoms with Crippen molar-refractivity contribution in [1.29, 1.82) is 0 Å². The molecule has 0 spiro atoms. The van der Waals surface area contributed by atoms with E-state index in [1.54, 1.807) is 18.2 Å². The molecule has 2 N–H and O–H groups in total. The molecule has 0 aromatic heterocycles. The average molecular weight is 341 g/mol. The summed E-state index contributed by atoms with van der Waals surface area (Å²) in [4.78, 5) is 34.1. The van der Waals surface area contributed by atoms with Crippen molar-refractivity contribution in [2.75, 3.05) is 6.61 Å². The maximum Gasteiger partial charge on any atom is 0.258 e. The van der Waals surface area contributed by atoms with Crippen LogP contribution in [0.15, 0.2) is 28.7 Å². The Kier molecular flexibility index (Phi) is 4.73. The molecule has 1 aliphatic rings. The van der Waals surface area contributed by atoms with E-state index in [1.807, 2.05) is 6.07 Å². The van der Waals surface area contributed by atoms with Crippen LogP contribution < -0.4 is 15.4 Å². The van der Waals surface area contributed by atoms with Gasteiger partial charge < -0.3 is 10.1 Å². The number of halogens is 1. The Labute approximate surface area is 124 Å². The molecular formula is C13H13BrN2O4. The molecule has 3 amide bonds. The molecule has 0 aliphatic carbocycles. The number of rotatable bonds is 4. The Morgan fingerprint density at radius 3 is 2.95 bits per heavy atom. The van der Waals surface area contributed by atoms with Crippen LogP contribution in [0.5, 0.6) is 5.75 Å². The average Bonchev–Trinajstić information content (AvgIpc) is 2.40. The van der Waals surface area contributed by atoms with E-state index < -0.39 is 17.9 Å². The molecule has 1 aromatic carbocycles. The third-order valence-electron chi connectivity index (χ3n) is 2.74. The lowest BCUT2D eigenvalue weighted by atomic mass is 10.1. The highest BCUT2D eigenvalue weighted by molar-refractivity contribution is 9.10. The van der Waals surface area contributed by atoms with E-state index in [1.165, 1.54) is 0 Å². The zero-order valence-electron chi connectivity index (χ0n) is 10.5. The van der Waals surface area contributed by atoms with Crippen LogP contribution in [0.4, 0.5) is 0 Å². The van der Waals surface area contributed by atoms with E-state index in [2.05, 4.69) is 26.6 Å². The minimum absolute atomic E-state index is 0.186. The lowest BCUT2D eigenvalue weighted by molar-refractivity contribution is -0.137. The SMILES string of the molecule is O=C1CCC(NC(=O)COc2cccc(Br)c2)C(=O)N1. The third kappa shape index (κ3) is 4.06. The zero-order valence-corrected chi connectivity index (χ0v) is 12.1. The first-order valence-corrected chi connectivity index (χ1v) is 6.85. The highest BCUT2D eigenvalue weighted by atomic mass is 79.9.